The summed E-state index contributed by atoms with van der Waals surface area (Å²) in [7, 11) is 0. The van der Waals surface area contributed by atoms with E-state index >= 15 is 0 Å². The minimum atomic E-state index is -4.44. The van der Waals surface area contributed by atoms with E-state index in [1.54, 1.807) is 0 Å². The monoisotopic (exact) mass is 470 g/mol. The molecule has 0 aliphatic rings. The quantitative estimate of drug-likeness (QED) is 0.451. The van der Waals surface area contributed by atoms with E-state index < -0.39 is 23.8 Å². The fraction of sp³-hybridized carbons (Fsp3) is 0.273. The Morgan fingerprint density at radius 1 is 1.19 bits per heavy atom. The van der Waals surface area contributed by atoms with E-state index in [1.165, 1.54) is 12.1 Å². The molecule has 0 aliphatic carbocycles. The molecule has 9 heteroatoms. The van der Waals surface area contributed by atoms with Crippen LogP contribution >= 0.6 is 24.6 Å². The number of halogens is 4. The van der Waals surface area contributed by atoms with Crippen molar-refractivity contribution in [3.05, 3.63) is 71.4 Å². The molecular weight excluding hydrogens is 449 g/mol. The molecule has 1 atom stereocenters. The maximum atomic E-state index is 12.9. The third kappa shape index (κ3) is 5.84. The van der Waals surface area contributed by atoms with E-state index in [1.807, 2.05) is 42.0 Å². The predicted octanol–water partition coefficient (Wildman–Crippen LogP) is 5.45. The van der Waals surface area contributed by atoms with Gasteiger partial charge in [0, 0.05) is 24.5 Å². The molecule has 0 bridgehead atoms. The zero-order valence-corrected chi connectivity index (χ0v) is 18.3. The molecule has 1 aromatic heterocycles. The van der Waals surface area contributed by atoms with Crippen LogP contribution in [0.25, 0.3) is 10.9 Å². The van der Waals surface area contributed by atoms with Gasteiger partial charge in [0.2, 0.25) is 0 Å². The molecule has 166 valence electrons. The maximum absolute atomic E-state index is 12.9. The van der Waals surface area contributed by atoms with Crippen LogP contribution in [-0.2, 0) is 23.9 Å². The molecule has 0 fully saturated rings. The predicted molar refractivity (Wildman–Crippen MR) is 121 cm³/mol. The lowest BCUT2D eigenvalue weighted by Gasteiger charge is -2.15. The van der Waals surface area contributed by atoms with Crippen molar-refractivity contribution in [2.75, 3.05) is 0 Å². The van der Waals surface area contributed by atoms with Crippen LogP contribution in [0.5, 0.6) is 0 Å². The van der Waals surface area contributed by atoms with Crippen molar-refractivity contribution in [3.8, 4) is 0 Å². The Balaban J connectivity index is 0.00000341. The highest BCUT2D eigenvalue weighted by atomic mass is 35.5. The van der Waals surface area contributed by atoms with Crippen LogP contribution in [0.15, 0.2) is 54.7 Å². The lowest BCUT2D eigenvalue weighted by atomic mass is 10.0. The van der Waals surface area contributed by atoms with Gasteiger partial charge < -0.3 is 15.0 Å². The first-order valence-electron chi connectivity index (χ1n) is 9.45. The van der Waals surface area contributed by atoms with Gasteiger partial charge in [-0.2, -0.15) is 13.2 Å². The minimum absolute atomic E-state index is 0. The van der Waals surface area contributed by atoms with E-state index in [2.05, 4.69) is 5.32 Å². The van der Waals surface area contributed by atoms with E-state index in [4.69, 9.17) is 12.2 Å². The van der Waals surface area contributed by atoms with Gasteiger partial charge in [-0.25, -0.2) is 0 Å². The van der Waals surface area contributed by atoms with Crippen LogP contribution in [0.4, 0.5) is 13.2 Å². The number of carboxylic acid groups (broad SMARTS) is 1. The van der Waals surface area contributed by atoms with Crippen molar-refractivity contribution in [2.24, 2.45) is 0 Å². The number of hydrogen-bond donors (Lipinski definition) is 2. The van der Waals surface area contributed by atoms with Crippen LogP contribution in [0.2, 0.25) is 0 Å². The number of benzene rings is 2. The first-order valence-corrected chi connectivity index (χ1v) is 9.86. The molecule has 0 saturated carbocycles. The fourth-order valence-corrected chi connectivity index (χ4v) is 3.51. The number of carboxylic acids is 1. The van der Waals surface area contributed by atoms with Gasteiger partial charge in [-0.05, 0) is 29.7 Å². The molecule has 3 rings (SSSR count). The molecule has 3 aromatic rings. The molecule has 0 amide bonds. The van der Waals surface area contributed by atoms with Crippen LogP contribution in [0, 0.1) is 0 Å². The Bertz CT molecular complexity index is 1080. The lowest BCUT2D eigenvalue weighted by Crippen LogP contribution is -2.38. The summed E-state index contributed by atoms with van der Waals surface area (Å²) in [4.78, 5) is 12.5. The average molecular weight is 471 g/mol. The lowest BCUT2D eigenvalue weighted by molar-refractivity contribution is -0.140. The molecule has 0 spiro atoms. The largest absolute Gasteiger partial charge is 0.480 e. The molecule has 0 unspecified atom stereocenters. The number of rotatable bonds is 7. The summed E-state index contributed by atoms with van der Waals surface area (Å²) in [5.74, 6) is -1.07. The van der Waals surface area contributed by atoms with Crippen LogP contribution in [-0.4, -0.2) is 26.7 Å². The number of alkyl halides is 3. The Morgan fingerprint density at radius 3 is 2.55 bits per heavy atom. The van der Waals surface area contributed by atoms with Crippen LogP contribution in [0.1, 0.15) is 30.0 Å². The smallest absolute Gasteiger partial charge is 0.416 e. The number of para-hydroxylation sites is 1. The SMILES string of the molecule is CCC(=S)n1cc(C[C@H](NCc2cccc(C(F)(F)F)c2)C(=O)O)c2ccccc21.Cl. The average Bonchev–Trinajstić information content (AvgIpc) is 3.08. The van der Waals surface area contributed by atoms with Gasteiger partial charge >= 0.3 is 12.1 Å². The summed E-state index contributed by atoms with van der Waals surface area (Å²) in [5.41, 5.74) is 1.32. The van der Waals surface area contributed by atoms with Gasteiger partial charge in [0.1, 0.15) is 6.04 Å². The fourth-order valence-electron chi connectivity index (χ4n) is 3.35. The van der Waals surface area contributed by atoms with Crippen LogP contribution in [0.3, 0.4) is 0 Å². The number of aliphatic carboxylic acids is 1. The van der Waals surface area contributed by atoms with Gasteiger partial charge in [-0.1, -0.05) is 55.5 Å². The molecule has 0 radical (unpaired) electrons. The first kappa shape index (κ1) is 24.8. The standard InChI is InChI=1S/C22H21F3N2O2S.ClH/c1-2-20(30)27-13-15(17-8-3-4-9-19(17)27)11-18(21(28)29)26-12-14-6-5-7-16(10-14)22(23,24)25;/h3-10,13,18,26H,2,11-12H2,1H3,(H,28,29);1H/t18-;/m0./s1. The molecule has 0 saturated heterocycles. The maximum Gasteiger partial charge on any atom is 0.416 e. The minimum Gasteiger partial charge on any atom is -0.480 e. The second kappa shape index (κ2) is 10.3. The van der Waals surface area contributed by atoms with Gasteiger partial charge in [0.05, 0.1) is 16.1 Å². The van der Waals surface area contributed by atoms with Crippen molar-refractivity contribution in [1.29, 1.82) is 0 Å². The molecule has 0 aliphatic heterocycles. The molecule has 31 heavy (non-hydrogen) atoms. The molecular formula is C22H22ClF3N2O2S. The number of nitrogens with one attached hydrogen (secondary N) is 1. The van der Waals surface area contributed by atoms with E-state index in [0.717, 1.165) is 33.6 Å². The summed E-state index contributed by atoms with van der Waals surface area (Å²) >= 11 is 5.42. The molecule has 2 aromatic carbocycles. The topological polar surface area (TPSA) is 54.3 Å². The van der Waals surface area contributed by atoms with Crippen molar-refractivity contribution in [3.63, 3.8) is 0 Å². The van der Waals surface area contributed by atoms with Crippen LogP contribution < -0.4 is 5.32 Å². The number of thiocarbonyl (C=S) groups is 1. The third-order valence-electron chi connectivity index (χ3n) is 4.89. The van der Waals surface area contributed by atoms with Gasteiger partial charge in [-0.3, -0.25) is 4.79 Å². The summed E-state index contributed by atoms with van der Waals surface area (Å²) in [6.45, 7) is 1.96. The summed E-state index contributed by atoms with van der Waals surface area (Å²) in [5, 5.41) is 13.4. The normalized spacial score (nSPS) is 12.4. The van der Waals surface area contributed by atoms with Gasteiger partial charge in [0.15, 0.2) is 0 Å². The van der Waals surface area contributed by atoms with Crippen molar-refractivity contribution in [1.82, 2.24) is 9.88 Å². The number of aromatic nitrogens is 1. The number of carbonyl (C=O) groups is 1. The first-order chi connectivity index (χ1) is 14.2. The highest BCUT2D eigenvalue weighted by Crippen LogP contribution is 2.29. The zero-order valence-electron chi connectivity index (χ0n) is 16.6. The Labute approximate surface area is 189 Å². The summed E-state index contributed by atoms with van der Waals surface area (Å²) < 4.78 is 40.6. The Morgan fingerprint density at radius 2 is 1.90 bits per heavy atom. The summed E-state index contributed by atoms with van der Waals surface area (Å²) in [6, 6.07) is 11.5. The highest BCUT2D eigenvalue weighted by molar-refractivity contribution is 7.80. The van der Waals surface area contributed by atoms with Crippen molar-refractivity contribution < 1.29 is 23.1 Å². The number of nitrogens with zero attached hydrogens (tertiary/aromatic N) is 1. The second-order valence-corrected chi connectivity index (χ2v) is 7.43. The highest BCUT2D eigenvalue weighted by Gasteiger charge is 2.30. The number of hydrogen-bond acceptors (Lipinski definition) is 3. The summed E-state index contributed by atoms with van der Waals surface area (Å²) in [6.07, 6.45) is -1.75. The van der Waals surface area contributed by atoms with Crippen molar-refractivity contribution >= 4 is 46.5 Å². The van der Waals surface area contributed by atoms with E-state index in [0.29, 0.717) is 12.0 Å². The molecule has 4 nitrogen and oxygen atoms in total. The Kier molecular flexibility index (Phi) is 8.22. The van der Waals surface area contributed by atoms with E-state index in [9.17, 15) is 23.1 Å². The molecule has 2 N–H and O–H groups in total. The number of fused-ring (bicyclic) bond motifs is 1. The van der Waals surface area contributed by atoms with Gasteiger partial charge in [0.25, 0.3) is 0 Å². The van der Waals surface area contributed by atoms with E-state index in [-0.39, 0.29) is 25.4 Å². The second-order valence-electron chi connectivity index (χ2n) is 6.96. The molecule has 1 heterocycles. The Hall–Kier alpha value is -2.42. The zero-order chi connectivity index (χ0) is 21.9. The van der Waals surface area contributed by atoms with Crippen molar-refractivity contribution in [2.45, 2.75) is 38.5 Å². The third-order valence-corrected chi connectivity index (χ3v) is 5.38. The van der Waals surface area contributed by atoms with Gasteiger partial charge in [-0.15, -0.1) is 12.4 Å².